The summed E-state index contributed by atoms with van der Waals surface area (Å²) in [7, 11) is -3.22. The van der Waals surface area contributed by atoms with Crippen LogP contribution in [0.1, 0.15) is 68.8 Å². The quantitative estimate of drug-likeness (QED) is 0.194. The molecule has 5 rings (SSSR count). The van der Waals surface area contributed by atoms with Crippen molar-refractivity contribution < 1.29 is 13.2 Å². The minimum atomic E-state index is -3.22. The van der Waals surface area contributed by atoms with Crippen molar-refractivity contribution in [2.24, 2.45) is 5.73 Å². The fraction of sp³-hybridized carbons (Fsp3) is 0.424. The van der Waals surface area contributed by atoms with E-state index in [-0.39, 0.29) is 17.6 Å². The van der Waals surface area contributed by atoms with Crippen molar-refractivity contribution in [3.05, 3.63) is 78.0 Å². The molecule has 1 fully saturated rings. The Morgan fingerprint density at radius 2 is 1.86 bits per heavy atom. The highest BCUT2D eigenvalue weighted by Gasteiger charge is 2.29. The van der Waals surface area contributed by atoms with E-state index in [4.69, 9.17) is 18.0 Å². The SMILES string of the molecule is CCCn1cnc(CC(=O)CCc2ccc3c(-c4cccc(C(N)=S)c4)cn(C4CCN(S(=O)(=O)CCC)CC4)c3c2)c1. The van der Waals surface area contributed by atoms with Crippen LogP contribution < -0.4 is 5.73 Å². The van der Waals surface area contributed by atoms with Gasteiger partial charge in [0.05, 0.1) is 24.2 Å². The van der Waals surface area contributed by atoms with E-state index in [0.29, 0.717) is 43.8 Å². The summed E-state index contributed by atoms with van der Waals surface area (Å²) in [6.45, 7) is 5.95. The second-order valence-corrected chi connectivity index (χ2v) is 14.0. The van der Waals surface area contributed by atoms with Gasteiger partial charge in [0.2, 0.25) is 10.0 Å². The number of thiocarbonyl (C=S) groups is 1. The smallest absolute Gasteiger partial charge is 0.214 e. The zero-order valence-electron chi connectivity index (χ0n) is 25.0. The molecule has 0 amide bonds. The van der Waals surface area contributed by atoms with Crippen molar-refractivity contribution in [3.8, 4) is 11.1 Å². The second kappa shape index (κ2) is 13.5. The first kappa shape index (κ1) is 31.1. The number of rotatable bonds is 13. The highest BCUT2D eigenvalue weighted by atomic mass is 32.2. The Labute approximate surface area is 259 Å². The van der Waals surface area contributed by atoms with Crippen LogP contribution in [0.15, 0.2) is 61.2 Å². The zero-order valence-corrected chi connectivity index (χ0v) is 26.7. The molecular weight excluding hydrogens is 579 g/mol. The summed E-state index contributed by atoms with van der Waals surface area (Å²) in [6.07, 6.45) is 10.5. The van der Waals surface area contributed by atoms with Crippen LogP contribution in [-0.4, -0.2) is 56.5 Å². The molecule has 4 aromatic rings. The largest absolute Gasteiger partial charge is 0.389 e. The number of imidazole rings is 1. The standard InChI is InChI=1S/C33H41N5O3S2/c1-3-14-36-21-27(35-23-36)20-29(39)10-8-24-9-11-30-31(25-6-5-7-26(19-25)33(34)42)22-38(32(30)18-24)28-12-15-37(16-13-28)43(40,41)17-4-2/h5-7,9,11,18-19,21-23,28H,3-4,8,10,12-17,20H2,1-2H3,(H2,34,42). The number of aryl methyl sites for hydroxylation is 2. The maximum Gasteiger partial charge on any atom is 0.214 e. The summed E-state index contributed by atoms with van der Waals surface area (Å²) in [5.74, 6) is 0.365. The molecule has 0 aliphatic carbocycles. The molecule has 3 heterocycles. The number of ketones is 1. The maximum absolute atomic E-state index is 12.8. The van der Waals surface area contributed by atoms with E-state index in [1.54, 1.807) is 10.6 Å². The van der Waals surface area contributed by atoms with Gasteiger partial charge in [0.25, 0.3) is 0 Å². The molecular formula is C33H41N5O3S2. The number of nitrogens with zero attached hydrogens (tertiary/aromatic N) is 4. The molecule has 10 heteroatoms. The van der Waals surface area contributed by atoms with E-state index in [0.717, 1.165) is 64.7 Å². The van der Waals surface area contributed by atoms with Crippen LogP contribution in [-0.2, 0) is 34.2 Å². The van der Waals surface area contributed by atoms with E-state index in [2.05, 4.69) is 46.9 Å². The number of fused-ring (bicyclic) bond motifs is 1. The third-order valence-corrected chi connectivity index (χ3v) is 10.6. The fourth-order valence-corrected chi connectivity index (χ4v) is 7.73. The number of nitrogens with two attached hydrogens (primary N) is 1. The number of piperidine rings is 1. The van der Waals surface area contributed by atoms with Crippen LogP contribution in [0.5, 0.6) is 0 Å². The lowest BCUT2D eigenvalue weighted by atomic mass is 10.00. The lowest BCUT2D eigenvalue weighted by Gasteiger charge is -2.32. The Balaban J connectivity index is 1.40. The summed E-state index contributed by atoms with van der Waals surface area (Å²) in [5, 5.41) is 1.11. The van der Waals surface area contributed by atoms with Gasteiger partial charge >= 0.3 is 0 Å². The molecule has 0 radical (unpaired) electrons. The van der Waals surface area contributed by atoms with Crippen molar-refractivity contribution >= 4 is 43.9 Å². The molecule has 2 N–H and O–H groups in total. The molecule has 0 atom stereocenters. The second-order valence-electron chi connectivity index (χ2n) is 11.5. The first-order valence-corrected chi connectivity index (χ1v) is 17.2. The molecule has 0 saturated carbocycles. The summed E-state index contributed by atoms with van der Waals surface area (Å²) >= 11 is 5.24. The van der Waals surface area contributed by atoms with E-state index < -0.39 is 10.0 Å². The number of aromatic nitrogens is 3. The van der Waals surface area contributed by atoms with E-state index in [1.807, 2.05) is 35.9 Å². The highest BCUT2D eigenvalue weighted by molar-refractivity contribution is 7.89. The van der Waals surface area contributed by atoms with Crippen LogP contribution in [0.3, 0.4) is 0 Å². The topological polar surface area (TPSA) is 103 Å². The van der Waals surface area contributed by atoms with Gasteiger partial charge < -0.3 is 14.9 Å². The van der Waals surface area contributed by atoms with E-state index in [9.17, 15) is 13.2 Å². The van der Waals surface area contributed by atoms with E-state index >= 15 is 0 Å². The number of carbonyl (C=O) groups is 1. The summed E-state index contributed by atoms with van der Waals surface area (Å²) in [5.41, 5.74) is 11.9. The van der Waals surface area contributed by atoms with Crippen LogP contribution in [0.2, 0.25) is 0 Å². The van der Waals surface area contributed by atoms with Crippen molar-refractivity contribution in [1.29, 1.82) is 0 Å². The first-order chi connectivity index (χ1) is 20.7. The lowest BCUT2D eigenvalue weighted by Crippen LogP contribution is -2.40. The third kappa shape index (κ3) is 7.25. The number of benzene rings is 2. The molecule has 2 aromatic carbocycles. The monoisotopic (exact) mass is 619 g/mol. The van der Waals surface area contributed by atoms with Crippen LogP contribution in [0.4, 0.5) is 0 Å². The van der Waals surface area contributed by atoms with Gasteiger partial charge in [-0.25, -0.2) is 17.7 Å². The molecule has 1 aliphatic heterocycles. The Morgan fingerprint density at radius 3 is 2.58 bits per heavy atom. The predicted octanol–water partition coefficient (Wildman–Crippen LogP) is 5.67. The number of hydrogen-bond acceptors (Lipinski definition) is 5. The average molecular weight is 620 g/mol. The van der Waals surface area contributed by atoms with Crippen LogP contribution in [0.25, 0.3) is 22.0 Å². The molecule has 228 valence electrons. The van der Waals surface area contributed by atoms with Gasteiger partial charge in [0.15, 0.2) is 0 Å². The maximum atomic E-state index is 12.8. The minimum Gasteiger partial charge on any atom is -0.389 e. The van der Waals surface area contributed by atoms with Gasteiger partial charge in [-0.1, -0.05) is 56.4 Å². The van der Waals surface area contributed by atoms with Gasteiger partial charge in [0, 0.05) is 66.5 Å². The Kier molecular flexibility index (Phi) is 9.78. The Morgan fingerprint density at radius 1 is 1.07 bits per heavy atom. The average Bonchev–Trinajstić information content (AvgIpc) is 3.60. The highest BCUT2D eigenvalue weighted by Crippen LogP contribution is 2.37. The molecule has 1 saturated heterocycles. The fourth-order valence-electron chi connectivity index (χ4n) is 6.06. The van der Waals surface area contributed by atoms with Crippen molar-refractivity contribution in [2.45, 2.75) is 71.4 Å². The van der Waals surface area contributed by atoms with Gasteiger partial charge in [-0.3, -0.25) is 4.79 Å². The summed E-state index contributed by atoms with van der Waals surface area (Å²) in [6, 6.07) is 14.6. The van der Waals surface area contributed by atoms with Gasteiger partial charge in [0.1, 0.15) is 10.8 Å². The Bertz CT molecular complexity index is 1720. The molecule has 0 unspecified atom stereocenters. The lowest BCUT2D eigenvalue weighted by molar-refractivity contribution is -0.118. The van der Waals surface area contributed by atoms with Crippen molar-refractivity contribution in [1.82, 2.24) is 18.4 Å². The number of Topliss-reactive ketones (excluding diaryl/α,β-unsaturated/α-hetero) is 1. The van der Waals surface area contributed by atoms with Gasteiger partial charge in [-0.15, -0.1) is 0 Å². The normalized spacial score (nSPS) is 14.8. The Hall–Kier alpha value is -3.34. The van der Waals surface area contributed by atoms with Gasteiger partial charge in [-0.2, -0.15) is 0 Å². The zero-order chi connectivity index (χ0) is 30.6. The molecule has 43 heavy (non-hydrogen) atoms. The number of carbonyl (C=O) groups excluding carboxylic acids is 1. The number of sulfonamides is 1. The van der Waals surface area contributed by atoms with Crippen molar-refractivity contribution in [2.75, 3.05) is 18.8 Å². The predicted molar refractivity (Wildman–Crippen MR) is 177 cm³/mol. The third-order valence-electron chi connectivity index (χ3n) is 8.27. The minimum absolute atomic E-state index is 0.165. The molecule has 0 spiro atoms. The van der Waals surface area contributed by atoms with Gasteiger partial charge in [-0.05, 0) is 55.4 Å². The molecule has 8 nitrogen and oxygen atoms in total. The van der Waals surface area contributed by atoms with Crippen LogP contribution in [0, 0.1) is 0 Å². The summed E-state index contributed by atoms with van der Waals surface area (Å²) in [4.78, 5) is 17.6. The van der Waals surface area contributed by atoms with Crippen molar-refractivity contribution in [3.63, 3.8) is 0 Å². The molecule has 0 bridgehead atoms. The summed E-state index contributed by atoms with van der Waals surface area (Å²) < 4.78 is 31.4. The van der Waals surface area contributed by atoms with E-state index in [1.165, 1.54) is 0 Å². The first-order valence-electron chi connectivity index (χ1n) is 15.2. The van der Waals surface area contributed by atoms with Crippen LogP contribution >= 0.6 is 12.2 Å². The molecule has 2 aromatic heterocycles. The number of hydrogen-bond donors (Lipinski definition) is 1. The molecule has 1 aliphatic rings.